The molecule has 0 aliphatic heterocycles. The lowest BCUT2D eigenvalue weighted by atomic mass is 10.3. The summed E-state index contributed by atoms with van der Waals surface area (Å²) in [4.78, 5) is 15.8. The third kappa shape index (κ3) is 1.77. The van der Waals surface area contributed by atoms with Gasteiger partial charge in [-0.1, -0.05) is 23.2 Å². The van der Waals surface area contributed by atoms with Gasteiger partial charge in [-0.2, -0.15) is 0 Å². The van der Waals surface area contributed by atoms with E-state index in [4.69, 9.17) is 23.2 Å². The topological polar surface area (TPSA) is 44.1 Å². The van der Waals surface area contributed by atoms with Gasteiger partial charge in [0.2, 0.25) is 0 Å². The number of methoxy groups -OCH3 is 1. The summed E-state index contributed by atoms with van der Waals surface area (Å²) in [5, 5.41) is 1.45. The molecule has 0 saturated carbocycles. The minimum Gasteiger partial charge on any atom is -0.464 e. The summed E-state index contributed by atoms with van der Waals surface area (Å²) >= 11 is 12.1. The number of hydrogen-bond donors (Lipinski definition) is 0. The summed E-state index contributed by atoms with van der Waals surface area (Å²) in [5.74, 6) is -0.435. The van der Waals surface area contributed by atoms with E-state index in [0.717, 1.165) is 0 Å². The van der Waals surface area contributed by atoms with E-state index in [-0.39, 0.29) is 0 Å². The molecule has 0 bridgehead atoms. The largest absolute Gasteiger partial charge is 0.464 e. The molecule has 0 aliphatic carbocycles. The molecule has 17 heavy (non-hydrogen) atoms. The number of hydrogen-bond acceptors (Lipinski definition) is 3. The van der Waals surface area contributed by atoms with Crippen LogP contribution in [0.3, 0.4) is 0 Å². The number of aromatic nitrogens is 2. The molecule has 2 aromatic heterocycles. The van der Waals surface area contributed by atoms with Gasteiger partial charge in [0.1, 0.15) is 11.3 Å². The van der Waals surface area contributed by atoms with Crippen LogP contribution in [0.1, 0.15) is 16.2 Å². The van der Waals surface area contributed by atoms with Gasteiger partial charge < -0.3 is 9.30 Å². The average molecular weight is 273 g/mol. The normalized spacial score (nSPS) is 10.9. The highest BCUT2D eigenvalue weighted by Crippen LogP contribution is 2.33. The van der Waals surface area contributed by atoms with Crippen molar-refractivity contribution in [1.29, 1.82) is 0 Å². The van der Waals surface area contributed by atoms with E-state index in [2.05, 4.69) is 9.72 Å². The molecule has 4 nitrogen and oxygen atoms in total. The first kappa shape index (κ1) is 12.2. The monoisotopic (exact) mass is 272 g/mol. The minimum absolute atomic E-state index is 0.388. The van der Waals surface area contributed by atoms with Crippen LogP contribution in [0.5, 0.6) is 0 Å². The molecule has 0 saturated heterocycles. The van der Waals surface area contributed by atoms with Crippen molar-refractivity contribution < 1.29 is 9.53 Å². The van der Waals surface area contributed by atoms with Crippen LogP contribution in [0.25, 0.3) is 11.0 Å². The van der Waals surface area contributed by atoms with E-state index in [1.807, 2.05) is 0 Å². The summed E-state index contributed by atoms with van der Waals surface area (Å²) < 4.78 is 6.32. The Bertz CT molecular complexity index is 620. The van der Waals surface area contributed by atoms with E-state index in [0.29, 0.717) is 32.5 Å². The van der Waals surface area contributed by atoms with Crippen molar-refractivity contribution in [3.63, 3.8) is 0 Å². The summed E-state index contributed by atoms with van der Waals surface area (Å²) in [5.41, 5.74) is 1.62. The number of rotatable bonds is 1. The van der Waals surface area contributed by atoms with Crippen molar-refractivity contribution in [2.24, 2.45) is 7.05 Å². The number of carbonyl (C=O) groups excluding carboxylic acids is 1. The van der Waals surface area contributed by atoms with Crippen LogP contribution in [-0.4, -0.2) is 22.6 Å². The van der Waals surface area contributed by atoms with Gasteiger partial charge in [-0.3, -0.25) is 0 Å². The van der Waals surface area contributed by atoms with Crippen molar-refractivity contribution in [2.75, 3.05) is 7.11 Å². The zero-order chi connectivity index (χ0) is 12.7. The molecule has 2 heterocycles. The molecule has 0 atom stereocenters. The highest BCUT2D eigenvalue weighted by Gasteiger charge is 2.18. The molecule has 90 valence electrons. The lowest BCUT2D eigenvalue weighted by Gasteiger charge is -2.03. The Labute approximate surface area is 108 Å². The van der Waals surface area contributed by atoms with Crippen molar-refractivity contribution in [3.05, 3.63) is 27.5 Å². The molecule has 0 aliphatic rings. The lowest BCUT2D eigenvalue weighted by Crippen LogP contribution is -2.07. The fraction of sp³-hybridized carbons (Fsp3) is 0.273. The van der Waals surface area contributed by atoms with E-state index >= 15 is 0 Å². The fourth-order valence-corrected chi connectivity index (χ4v) is 2.09. The fourth-order valence-electron chi connectivity index (χ4n) is 1.68. The Balaban J connectivity index is 2.83. The highest BCUT2D eigenvalue weighted by molar-refractivity contribution is 6.45. The smallest absolute Gasteiger partial charge is 0.354 e. The van der Waals surface area contributed by atoms with Gasteiger partial charge in [0.15, 0.2) is 0 Å². The van der Waals surface area contributed by atoms with E-state index < -0.39 is 5.97 Å². The summed E-state index contributed by atoms with van der Waals surface area (Å²) in [6, 6.07) is 1.63. The van der Waals surface area contributed by atoms with Crippen LogP contribution in [0.15, 0.2) is 6.07 Å². The molecule has 0 aromatic carbocycles. The first-order valence-electron chi connectivity index (χ1n) is 4.86. The number of esters is 1. The Morgan fingerprint density at radius 2 is 2.06 bits per heavy atom. The van der Waals surface area contributed by atoms with Crippen LogP contribution in [0.2, 0.25) is 10.0 Å². The van der Waals surface area contributed by atoms with Crippen LogP contribution >= 0.6 is 23.2 Å². The molecular weight excluding hydrogens is 263 g/mol. The van der Waals surface area contributed by atoms with Gasteiger partial charge in [0, 0.05) is 12.4 Å². The molecule has 2 rings (SSSR count). The summed E-state index contributed by atoms with van der Waals surface area (Å²) in [6.45, 7) is 1.76. The number of aryl methyl sites for hydroxylation is 2. The molecule has 6 heteroatoms. The molecular formula is C11H10Cl2N2O2. The summed E-state index contributed by atoms with van der Waals surface area (Å²) in [7, 11) is 3.05. The van der Waals surface area contributed by atoms with E-state index in [1.54, 1.807) is 24.6 Å². The van der Waals surface area contributed by atoms with Gasteiger partial charge in [-0.15, -0.1) is 0 Å². The van der Waals surface area contributed by atoms with Crippen molar-refractivity contribution in [2.45, 2.75) is 6.92 Å². The van der Waals surface area contributed by atoms with E-state index in [1.165, 1.54) is 7.11 Å². The number of fused-ring (bicyclic) bond motifs is 1. The second-order valence-electron chi connectivity index (χ2n) is 3.64. The number of halogens is 2. The van der Waals surface area contributed by atoms with Crippen molar-refractivity contribution in [1.82, 2.24) is 9.55 Å². The van der Waals surface area contributed by atoms with Gasteiger partial charge in [-0.25, -0.2) is 9.78 Å². The van der Waals surface area contributed by atoms with Crippen LogP contribution < -0.4 is 0 Å². The van der Waals surface area contributed by atoms with Crippen LogP contribution in [0.4, 0.5) is 0 Å². The Morgan fingerprint density at radius 3 is 2.65 bits per heavy atom. The second kappa shape index (κ2) is 4.20. The Morgan fingerprint density at radius 1 is 1.41 bits per heavy atom. The SMILES string of the molecule is COC(=O)c1cc2c(Cl)c(Cl)c(C)nc2n1C. The average Bonchev–Trinajstić information content (AvgIpc) is 2.64. The maximum atomic E-state index is 11.5. The number of pyridine rings is 1. The lowest BCUT2D eigenvalue weighted by molar-refractivity contribution is 0.0590. The zero-order valence-corrected chi connectivity index (χ0v) is 11.1. The maximum absolute atomic E-state index is 11.5. The minimum atomic E-state index is -0.435. The summed E-state index contributed by atoms with van der Waals surface area (Å²) in [6.07, 6.45) is 0. The first-order valence-corrected chi connectivity index (χ1v) is 5.62. The highest BCUT2D eigenvalue weighted by atomic mass is 35.5. The first-order chi connectivity index (χ1) is 7.97. The maximum Gasteiger partial charge on any atom is 0.354 e. The third-order valence-electron chi connectivity index (χ3n) is 2.62. The number of ether oxygens (including phenoxy) is 1. The van der Waals surface area contributed by atoms with Crippen LogP contribution in [-0.2, 0) is 11.8 Å². The van der Waals surface area contributed by atoms with Gasteiger partial charge in [0.25, 0.3) is 0 Å². The van der Waals surface area contributed by atoms with Crippen molar-refractivity contribution >= 4 is 40.2 Å². The van der Waals surface area contributed by atoms with Crippen molar-refractivity contribution in [3.8, 4) is 0 Å². The predicted molar refractivity (Wildman–Crippen MR) is 66.8 cm³/mol. The number of carbonyl (C=O) groups is 1. The zero-order valence-electron chi connectivity index (χ0n) is 9.54. The standard InChI is InChI=1S/C11H10Cl2N2O2/c1-5-8(12)9(13)6-4-7(11(16)17-3)15(2)10(6)14-5/h4H,1-3H3. The third-order valence-corrected chi connectivity index (χ3v) is 3.57. The molecule has 0 radical (unpaired) electrons. The van der Waals surface area contributed by atoms with Crippen LogP contribution in [0, 0.1) is 6.92 Å². The number of nitrogens with zero attached hydrogens (tertiary/aromatic N) is 2. The van der Waals surface area contributed by atoms with Gasteiger partial charge >= 0.3 is 5.97 Å². The molecule has 0 amide bonds. The Hall–Kier alpha value is -1.26. The Kier molecular flexibility index (Phi) is 3.02. The van der Waals surface area contributed by atoms with E-state index in [9.17, 15) is 4.79 Å². The quantitative estimate of drug-likeness (QED) is 0.750. The molecule has 0 fully saturated rings. The van der Waals surface area contributed by atoms with Gasteiger partial charge in [-0.05, 0) is 13.0 Å². The predicted octanol–water partition coefficient (Wildman–Crippen LogP) is 2.98. The van der Waals surface area contributed by atoms with Gasteiger partial charge in [0.05, 0.1) is 22.8 Å². The molecule has 0 unspecified atom stereocenters. The second-order valence-corrected chi connectivity index (χ2v) is 4.40. The molecule has 0 spiro atoms. The molecule has 2 aromatic rings. The molecule has 0 N–H and O–H groups in total.